The van der Waals surface area contributed by atoms with Crippen LogP contribution in [0.1, 0.15) is 50.6 Å². The molecule has 0 spiro atoms. The molecule has 23 heavy (non-hydrogen) atoms. The Balaban J connectivity index is 2.09. The molecule has 2 unspecified atom stereocenters. The average molecular weight is 322 g/mol. The highest BCUT2D eigenvalue weighted by Gasteiger charge is 2.30. The van der Waals surface area contributed by atoms with Crippen LogP contribution in [-0.4, -0.2) is 35.7 Å². The number of carbonyl (C=O) groups excluding carboxylic acids is 1. The van der Waals surface area contributed by atoms with Gasteiger partial charge in [-0.3, -0.25) is 0 Å². The number of hydrogen-bond donors (Lipinski definition) is 2. The fourth-order valence-corrected chi connectivity index (χ4v) is 3.19. The van der Waals surface area contributed by atoms with Crippen molar-refractivity contribution < 1.29 is 14.3 Å². The van der Waals surface area contributed by atoms with Crippen molar-refractivity contribution in [2.75, 3.05) is 13.6 Å². The fraction of sp³-hybridized carbons (Fsp3) is 0.611. The molecule has 2 amide bonds. The number of hydrogen-bond acceptors (Lipinski definition) is 2. The standard InChI is InChI=1S/C18H27FN2O2/c1-13(22)11-12-21(2)18(23)20-17(14-7-3-4-8-14)15-9-5-6-10-16(15)19/h5-6,9-10,13-14,17,22H,3-4,7-8,11-12H2,1-2H3,(H,20,23). The Morgan fingerprint density at radius 3 is 2.65 bits per heavy atom. The highest BCUT2D eigenvalue weighted by molar-refractivity contribution is 5.74. The third-order valence-electron chi connectivity index (χ3n) is 4.62. The molecule has 1 fully saturated rings. The first kappa shape index (κ1) is 17.7. The van der Waals surface area contributed by atoms with Crippen molar-refractivity contribution in [1.29, 1.82) is 0 Å². The van der Waals surface area contributed by atoms with Crippen molar-refractivity contribution in [3.63, 3.8) is 0 Å². The van der Waals surface area contributed by atoms with Crippen molar-refractivity contribution in [3.05, 3.63) is 35.6 Å². The molecule has 2 rings (SSSR count). The van der Waals surface area contributed by atoms with E-state index in [0.717, 1.165) is 25.7 Å². The van der Waals surface area contributed by atoms with Crippen LogP contribution in [0.4, 0.5) is 9.18 Å². The highest BCUT2D eigenvalue weighted by atomic mass is 19.1. The van der Waals surface area contributed by atoms with Crippen LogP contribution in [0.25, 0.3) is 0 Å². The Labute approximate surface area is 137 Å². The maximum absolute atomic E-state index is 14.2. The van der Waals surface area contributed by atoms with Gasteiger partial charge < -0.3 is 15.3 Å². The monoisotopic (exact) mass is 322 g/mol. The molecule has 0 bridgehead atoms. The minimum Gasteiger partial charge on any atom is -0.393 e. The van der Waals surface area contributed by atoms with Gasteiger partial charge in [-0.2, -0.15) is 0 Å². The number of rotatable bonds is 6. The summed E-state index contributed by atoms with van der Waals surface area (Å²) in [6.45, 7) is 2.17. The zero-order chi connectivity index (χ0) is 16.8. The predicted molar refractivity (Wildman–Crippen MR) is 88.6 cm³/mol. The molecule has 1 saturated carbocycles. The van der Waals surface area contributed by atoms with Crippen molar-refractivity contribution >= 4 is 6.03 Å². The lowest BCUT2D eigenvalue weighted by atomic mass is 9.91. The molecule has 0 aliphatic heterocycles. The second-order valence-electron chi connectivity index (χ2n) is 6.55. The Morgan fingerprint density at radius 1 is 1.39 bits per heavy atom. The van der Waals surface area contributed by atoms with E-state index in [9.17, 15) is 14.3 Å². The molecule has 1 aliphatic rings. The molecule has 1 aromatic rings. The van der Waals surface area contributed by atoms with E-state index in [1.165, 1.54) is 6.07 Å². The lowest BCUT2D eigenvalue weighted by Crippen LogP contribution is -2.42. The van der Waals surface area contributed by atoms with Crippen LogP contribution < -0.4 is 5.32 Å². The number of urea groups is 1. The first-order valence-electron chi connectivity index (χ1n) is 8.43. The van der Waals surface area contributed by atoms with E-state index in [2.05, 4.69) is 5.32 Å². The number of nitrogens with one attached hydrogen (secondary N) is 1. The molecule has 2 N–H and O–H groups in total. The molecule has 4 nitrogen and oxygen atoms in total. The number of nitrogens with zero attached hydrogens (tertiary/aromatic N) is 1. The molecule has 1 aromatic carbocycles. The number of carbonyl (C=O) groups is 1. The number of amides is 2. The minimum atomic E-state index is -0.442. The zero-order valence-corrected chi connectivity index (χ0v) is 14.0. The van der Waals surface area contributed by atoms with Gasteiger partial charge in [0.25, 0.3) is 0 Å². The lowest BCUT2D eigenvalue weighted by Gasteiger charge is -2.28. The molecule has 0 saturated heterocycles. The second kappa shape index (κ2) is 8.29. The fourth-order valence-electron chi connectivity index (χ4n) is 3.19. The van der Waals surface area contributed by atoms with Gasteiger partial charge in [-0.25, -0.2) is 9.18 Å². The summed E-state index contributed by atoms with van der Waals surface area (Å²) in [4.78, 5) is 14.0. The van der Waals surface area contributed by atoms with E-state index < -0.39 is 6.10 Å². The van der Waals surface area contributed by atoms with E-state index in [4.69, 9.17) is 0 Å². The molecular formula is C18H27FN2O2. The molecule has 0 aromatic heterocycles. The van der Waals surface area contributed by atoms with Crippen LogP contribution in [0.2, 0.25) is 0 Å². The molecule has 128 valence electrons. The Bertz CT molecular complexity index is 515. The van der Waals surface area contributed by atoms with Gasteiger partial charge in [0.15, 0.2) is 0 Å². The van der Waals surface area contributed by atoms with Crippen LogP contribution in [0, 0.1) is 11.7 Å². The lowest BCUT2D eigenvalue weighted by molar-refractivity contribution is 0.160. The first-order chi connectivity index (χ1) is 11.0. The van der Waals surface area contributed by atoms with Crippen LogP contribution in [0.15, 0.2) is 24.3 Å². The summed E-state index contributed by atoms with van der Waals surface area (Å²) < 4.78 is 14.2. The minimum absolute atomic E-state index is 0.217. The summed E-state index contributed by atoms with van der Waals surface area (Å²) in [5.74, 6) is 0.0114. The zero-order valence-electron chi connectivity index (χ0n) is 14.0. The van der Waals surface area contributed by atoms with Gasteiger partial charge >= 0.3 is 6.03 Å². The van der Waals surface area contributed by atoms with Gasteiger partial charge in [-0.1, -0.05) is 31.0 Å². The average Bonchev–Trinajstić information content (AvgIpc) is 3.05. The van der Waals surface area contributed by atoms with Crippen LogP contribution in [0.5, 0.6) is 0 Å². The van der Waals surface area contributed by atoms with Gasteiger partial charge in [0, 0.05) is 19.2 Å². The molecular weight excluding hydrogens is 295 g/mol. The third-order valence-corrected chi connectivity index (χ3v) is 4.62. The number of aliphatic hydroxyl groups excluding tert-OH is 1. The van der Waals surface area contributed by atoms with Crippen molar-refractivity contribution in [3.8, 4) is 0 Å². The summed E-state index contributed by atoms with van der Waals surface area (Å²) in [5, 5.41) is 12.3. The molecule has 1 aliphatic carbocycles. The van der Waals surface area contributed by atoms with Crippen molar-refractivity contribution in [2.45, 2.75) is 51.2 Å². The van der Waals surface area contributed by atoms with E-state index in [1.54, 1.807) is 31.0 Å². The van der Waals surface area contributed by atoms with E-state index in [1.807, 2.05) is 6.07 Å². The highest BCUT2D eigenvalue weighted by Crippen LogP contribution is 2.36. The first-order valence-corrected chi connectivity index (χ1v) is 8.43. The molecule has 5 heteroatoms. The largest absolute Gasteiger partial charge is 0.393 e. The Hall–Kier alpha value is -1.62. The topological polar surface area (TPSA) is 52.6 Å². The maximum atomic E-state index is 14.2. The van der Waals surface area contributed by atoms with E-state index in [0.29, 0.717) is 18.5 Å². The SMILES string of the molecule is CC(O)CCN(C)C(=O)NC(c1ccccc1F)C1CCCC1. The van der Waals surface area contributed by atoms with Gasteiger partial charge in [0.05, 0.1) is 12.1 Å². The third kappa shape index (κ3) is 4.93. The van der Waals surface area contributed by atoms with Gasteiger partial charge in [-0.05, 0) is 38.2 Å². The van der Waals surface area contributed by atoms with Crippen LogP contribution in [0.3, 0.4) is 0 Å². The maximum Gasteiger partial charge on any atom is 0.317 e. The van der Waals surface area contributed by atoms with E-state index in [-0.39, 0.29) is 23.8 Å². The Kier molecular flexibility index (Phi) is 6.39. The summed E-state index contributed by atoms with van der Waals surface area (Å²) in [6.07, 6.45) is 4.36. The summed E-state index contributed by atoms with van der Waals surface area (Å²) >= 11 is 0. The molecule has 0 radical (unpaired) electrons. The van der Waals surface area contributed by atoms with Crippen molar-refractivity contribution in [2.24, 2.45) is 5.92 Å². The number of benzene rings is 1. The van der Waals surface area contributed by atoms with Crippen LogP contribution in [-0.2, 0) is 0 Å². The quantitative estimate of drug-likeness (QED) is 0.842. The molecule has 2 atom stereocenters. The molecule has 0 heterocycles. The summed E-state index contributed by atoms with van der Waals surface area (Å²) in [7, 11) is 1.70. The van der Waals surface area contributed by atoms with Crippen molar-refractivity contribution in [1.82, 2.24) is 10.2 Å². The normalized spacial score (nSPS) is 17.7. The van der Waals surface area contributed by atoms with Gasteiger partial charge in [0.1, 0.15) is 5.82 Å². The van der Waals surface area contributed by atoms with Crippen LogP contribution >= 0.6 is 0 Å². The Morgan fingerprint density at radius 2 is 2.04 bits per heavy atom. The number of halogens is 1. The smallest absolute Gasteiger partial charge is 0.317 e. The summed E-state index contributed by atoms with van der Waals surface area (Å²) in [5.41, 5.74) is 0.566. The van der Waals surface area contributed by atoms with Gasteiger partial charge in [0.2, 0.25) is 0 Å². The number of aliphatic hydroxyl groups is 1. The second-order valence-corrected chi connectivity index (χ2v) is 6.55. The van der Waals surface area contributed by atoms with E-state index >= 15 is 0 Å². The predicted octanol–water partition coefficient (Wildman–Crippen LogP) is 3.47. The summed E-state index contributed by atoms with van der Waals surface area (Å²) in [6, 6.07) is 6.17. The van der Waals surface area contributed by atoms with Gasteiger partial charge in [-0.15, -0.1) is 0 Å².